The molecule has 96 valence electrons. The first kappa shape index (κ1) is 14.3. The van der Waals surface area contributed by atoms with Crippen molar-refractivity contribution >= 4 is 0 Å². The van der Waals surface area contributed by atoms with E-state index in [2.05, 4.69) is 65.8 Å². The Morgan fingerprint density at radius 1 is 0.824 bits per heavy atom. The van der Waals surface area contributed by atoms with Crippen LogP contribution in [0.15, 0.2) is 24.3 Å². The average Bonchev–Trinajstić information content (AvgIpc) is 2.25. The SMILES string of the molecule is CCc1ccc(CCC(C)(C)C(C)(C)C)cc1. The maximum Gasteiger partial charge on any atom is -0.0274 e. The van der Waals surface area contributed by atoms with Crippen LogP contribution in [0.3, 0.4) is 0 Å². The molecule has 17 heavy (non-hydrogen) atoms. The van der Waals surface area contributed by atoms with E-state index in [0.29, 0.717) is 10.8 Å². The Morgan fingerprint density at radius 2 is 1.29 bits per heavy atom. The molecule has 0 heterocycles. The molecule has 0 amide bonds. The van der Waals surface area contributed by atoms with Gasteiger partial charge in [0.1, 0.15) is 0 Å². The van der Waals surface area contributed by atoms with Crippen molar-refractivity contribution in [2.45, 2.75) is 60.8 Å². The normalized spacial score (nSPS) is 12.8. The monoisotopic (exact) mass is 232 g/mol. The summed E-state index contributed by atoms with van der Waals surface area (Å²) < 4.78 is 0. The zero-order valence-electron chi connectivity index (χ0n) is 12.4. The van der Waals surface area contributed by atoms with Crippen LogP contribution in [0, 0.1) is 10.8 Å². The van der Waals surface area contributed by atoms with Crippen molar-refractivity contribution in [1.82, 2.24) is 0 Å². The quantitative estimate of drug-likeness (QED) is 0.664. The molecule has 0 saturated heterocycles. The van der Waals surface area contributed by atoms with Crippen LogP contribution in [0.5, 0.6) is 0 Å². The lowest BCUT2D eigenvalue weighted by Gasteiger charge is -2.39. The molecule has 0 aliphatic carbocycles. The van der Waals surface area contributed by atoms with Crippen molar-refractivity contribution in [3.8, 4) is 0 Å². The lowest BCUT2D eigenvalue weighted by atomic mass is 9.66. The van der Waals surface area contributed by atoms with Crippen LogP contribution in [0.2, 0.25) is 0 Å². The molecular formula is C17H28. The first-order valence-corrected chi connectivity index (χ1v) is 6.84. The van der Waals surface area contributed by atoms with Crippen LogP contribution in [-0.2, 0) is 12.8 Å². The minimum Gasteiger partial charge on any atom is -0.0613 e. The predicted octanol–water partition coefficient (Wildman–Crippen LogP) is 5.25. The van der Waals surface area contributed by atoms with Gasteiger partial charge in [0.25, 0.3) is 0 Å². The summed E-state index contributed by atoms with van der Waals surface area (Å²) in [5.41, 5.74) is 3.66. The van der Waals surface area contributed by atoms with Gasteiger partial charge in [0, 0.05) is 0 Å². The van der Waals surface area contributed by atoms with E-state index in [1.54, 1.807) is 0 Å². The zero-order valence-corrected chi connectivity index (χ0v) is 12.4. The van der Waals surface area contributed by atoms with E-state index < -0.39 is 0 Å². The number of hydrogen-bond acceptors (Lipinski definition) is 0. The van der Waals surface area contributed by atoms with Crippen LogP contribution in [0.4, 0.5) is 0 Å². The van der Waals surface area contributed by atoms with Gasteiger partial charge in [-0.2, -0.15) is 0 Å². The fraction of sp³-hybridized carbons (Fsp3) is 0.647. The largest absolute Gasteiger partial charge is 0.0613 e. The summed E-state index contributed by atoms with van der Waals surface area (Å²) in [5.74, 6) is 0. The van der Waals surface area contributed by atoms with Gasteiger partial charge < -0.3 is 0 Å². The molecule has 0 aromatic heterocycles. The van der Waals surface area contributed by atoms with Gasteiger partial charge in [-0.3, -0.25) is 0 Å². The van der Waals surface area contributed by atoms with E-state index in [4.69, 9.17) is 0 Å². The molecule has 0 unspecified atom stereocenters. The number of aryl methyl sites for hydroxylation is 2. The Kier molecular flexibility index (Phi) is 4.41. The second-order valence-electron chi connectivity index (χ2n) is 6.80. The van der Waals surface area contributed by atoms with E-state index in [1.807, 2.05) is 0 Å². The molecule has 1 rings (SSSR count). The summed E-state index contributed by atoms with van der Waals surface area (Å²) in [5, 5.41) is 0. The average molecular weight is 232 g/mol. The molecule has 0 fully saturated rings. The Hall–Kier alpha value is -0.780. The molecule has 0 nitrogen and oxygen atoms in total. The Bertz CT molecular complexity index is 335. The van der Waals surface area contributed by atoms with E-state index in [9.17, 15) is 0 Å². The molecule has 0 N–H and O–H groups in total. The maximum absolute atomic E-state index is 2.38. The topological polar surface area (TPSA) is 0 Å². The molecule has 1 aromatic rings. The van der Waals surface area contributed by atoms with Crippen LogP contribution >= 0.6 is 0 Å². The fourth-order valence-electron chi connectivity index (χ4n) is 1.77. The Labute approximate surface area is 107 Å². The Morgan fingerprint density at radius 3 is 1.71 bits per heavy atom. The third-order valence-corrected chi connectivity index (χ3v) is 4.50. The van der Waals surface area contributed by atoms with Gasteiger partial charge in [-0.05, 0) is 41.2 Å². The highest BCUT2D eigenvalue weighted by molar-refractivity contribution is 5.22. The first-order chi connectivity index (χ1) is 7.76. The number of benzene rings is 1. The van der Waals surface area contributed by atoms with Crippen molar-refractivity contribution in [1.29, 1.82) is 0 Å². The van der Waals surface area contributed by atoms with Gasteiger partial charge in [0.15, 0.2) is 0 Å². The second-order valence-corrected chi connectivity index (χ2v) is 6.80. The maximum atomic E-state index is 2.38. The summed E-state index contributed by atoms with van der Waals surface area (Å²) in [4.78, 5) is 0. The van der Waals surface area contributed by atoms with Crippen LogP contribution in [0.1, 0.15) is 59.1 Å². The molecule has 0 aliphatic rings. The smallest absolute Gasteiger partial charge is 0.0274 e. The van der Waals surface area contributed by atoms with E-state index in [0.717, 1.165) is 6.42 Å². The molecule has 0 atom stereocenters. The predicted molar refractivity (Wildman–Crippen MR) is 77.4 cm³/mol. The molecular weight excluding hydrogens is 204 g/mol. The molecule has 0 heteroatoms. The fourth-order valence-corrected chi connectivity index (χ4v) is 1.77. The van der Waals surface area contributed by atoms with Crippen molar-refractivity contribution in [3.05, 3.63) is 35.4 Å². The van der Waals surface area contributed by atoms with Crippen molar-refractivity contribution in [2.24, 2.45) is 10.8 Å². The van der Waals surface area contributed by atoms with E-state index in [1.165, 1.54) is 24.0 Å². The molecule has 1 aromatic carbocycles. The van der Waals surface area contributed by atoms with E-state index in [-0.39, 0.29) is 0 Å². The van der Waals surface area contributed by atoms with Gasteiger partial charge in [0.05, 0.1) is 0 Å². The zero-order chi connectivity index (χ0) is 13.1. The molecule has 0 saturated carbocycles. The van der Waals surface area contributed by atoms with Gasteiger partial charge in [-0.25, -0.2) is 0 Å². The summed E-state index contributed by atoms with van der Waals surface area (Å²) in [7, 11) is 0. The van der Waals surface area contributed by atoms with Crippen molar-refractivity contribution in [3.63, 3.8) is 0 Å². The highest BCUT2D eigenvalue weighted by Gasteiger charge is 2.31. The summed E-state index contributed by atoms with van der Waals surface area (Å²) in [6.07, 6.45) is 3.57. The third kappa shape index (κ3) is 3.87. The minimum atomic E-state index is 0.371. The second kappa shape index (κ2) is 5.25. The minimum absolute atomic E-state index is 0.371. The van der Waals surface area contributed by atoms with Crippen molar-refractivity contribution < 1.29 is 0 Å². The molecule has 0 radical (unpaired) electrons. The standard InChI is InChI=1S/C17H28/c1-7-14-8-10-15(11-9-14)12-13-17(5,6)16(2,3)4/h8-11H,7,12-13H2,1-6H3. The number of rotatable bonds is 4. The van der Waals surface area contributed by atoms with Gasteiger partial charge in [0.2, 0.25) is 0 Å². The lowest BCUT2D eigenvalue weighted by Crippen LogP contribution is -2.30. The van der Waals surface area contributed by atoms with E-state index >= 15 is 0 Å². The first-order valence-electron chi connectivity index (χ1n) is 6.84. The van der Waals surface area contributed by atoms with Crippen molar-refractivity contribution in [2.75, 3.05) is 0 Å². The lowest BCUT2D eigenvalue weighted by molar-refractivity contribution is 0.120. The van der Waals surface area contributed by atoms with Gasteiger partial charge in [-0.1, -0.05) is 65.8 Å². The molecule has 0 aliphatic heterocycles. The van der Waals surface area contributed by atoms with Crippen LogP contribution < -0.4 is 0 Å². The third-order valence-electron chi connectivity index (χ3n) is 4.50. The molecule has 0 spiro atoms. The highest BCUT2D eigenvalue weighted by atomic mass is 14.4. The highest BCUT2D eigenvalue weighted by Crippen LogP contribution is 2.41. The van der Waals surface area contributed by atoms with Crippen LogP contribution in [-0.4, -0.2) is 0 Å². The molecule has 0 bridgehead atoms. The summed E-state index contributed by atoms with van der Waals surface area (Å²) in [6, 6.07) is 9.11. The summed E-state index contributed by atoms with van der Waals surface area (Å²) >= 11 is 0. The van der Waals surface area contributed by atoms with Crippen LogP contribution in [0.25, 0.3) is 0 Å². The van der Waals surface area contributed by atoms with Gasteiger partial charge in [-0.15, -0.1) is 0 Å². The number of hydrogen-bond donors (Lipinski definition) is 0. The Balaban J connectivity index is 2.61. The van der Waals surface area contributed by atoms with Gasteiger partial charge >= 0.3 is 0 Å². The summed E-state index contributed by atoms with van der Waals surface area (Å²) in [6.45, 7) is 14.0.